The van der Waals surface area contributed by atoms with Crippen LogP contribution in [0.3, 0.4) is 0 Å². The molecular formula is C22H40O4. The van der Waals surface area contributed by atoms with Crippen LogP contribution in [0.15, 0.2) is 24.3 Å². The van der Waals surface area contributed by atoms with Crippen molar-refractivity contribution in [2.45, 2.75) is 96.5 Å². The van der Waals surface area contributed by atoms with Gasteiger partial charge in [-0.2, -0.15) is 0 Å². The van der Waals surface area contributed by atoms with E-state index in [-0.39, 0.29) is 19.2 Å². The Balaban J connectivity index is 3.28. The molecule has 0 aliphatic rings. The van der Waals surface area contributed by atoms with Crippen LogP contribution in [0.25, 0.3) is 0 Å². The minimum Gasteiger partial charge on any atom is -0.463 e. The largest absolute Gasteiger partial charge is 0.463 e. The SMILES string of the molecule is CCCCC/C=C\C/C=C\CCCCCCCCC(=O)OCC(O)CO. The van der Waals surface area contributed by atoms with Gasteiger partial charge in [-0.3, -0.25) is 4.79 Å². The summed E-state index contributed by atoms with van der Waals surface area (Å²) in [6, 6.07) is 0. The van der Waals surface area contributed by atoms with Crippen LogP contribution in [-0.2, 0) is 9.53 Å². The topological polar surface area (TPSA) is 66.8 Å². The van der Waals surface area contributed by atoms with Crippen LogP contribution in [0.1, 0.15) is 90.4 Å². The third-order valence-corrected chi connectivity index (χ3v) is 4.23. The summed E-state index contributed by atoms with van der Waals surface area (Å²) in [6.07, 6.45) is 22.6. The number of allylic oxidation sites excluding steroid dienone is 4. The lowest BCUT2D eigenvalue weighted by Crippen LogP contribution is -2.21. The van der Waals surface area contributed by atoms with Gasteiger partial charge >= 0.3 is 5.97 Å². The van der Waals surface area contributed by atoms with Gasteiger partial charge in [0.2, 0.25) is 0 Å². The monoisotopic (exact) mass is 368 g/mol. The van der Waals surface area contributed by atoms with Crippen molar-refractivity contribution in [1.29, 1.82) is 0 Å². The third kappa shape index (κ3) is 19.2. The van der Waals surface area contributed by atoms with Crippen LogP contribution < -0.4 is 0 Å². The van der Waals surface area contributed by atoms with Crippen LogP contribution >= 0.6 is 0 Å². The molecule has 0 aromatic rings. The van der Waals surface area contributed by atoms with Crippen molar-refractivity contribution in [2.75, 3.05) is 13.2 Å². The van der Waals surface area contributed by atoms with E-state index in [1.54, 1.807) is 0 Å². The third-order valence-electron chi connectivity index (χ3n) is 4.23. The molecule has 4 heteroatoms. The van der Waals surface area contributed by atoms with Crippen molar-refractivity contribution < 1.29 is 19.7 Å². The average molecular weight is 369 g/mol. The van der Waals surface area contributed by atoms with Gasteiger partial charge in [-0.1, -0.05) is 69.8 Å². The number of hydrogen-bond acceptors (Lipinski definition) is 4. The quantitative estimate of drug-likeness (QED) is 0.201. The minimum absolute atomic E-state index is 0.114. The highest BCUT2D eigenvalue weighted by molar-refractivity contribution is 5.69. The van der Waals surface area contributed by atoms with Gasteiger partial charge in [0.25, 0.3) is 0 Å². The molecule has 4 nitrogen and oxygen atoms in total. The number of aliphatic hydroxyl groups is 2. The zero-order chi connectivity index (χ0) is 19.3. The summed E-state index contributed by atoms with van der Waals surface area (Å²) >= 11 is 0. The molecule has 0 fully saturated rings. The molecule has 0 saturated carbocycles. The molecule has 1 atom stereocenters. The van der Waals surface area contributed by atoms with E-state index < -0.39 is 6.10 Å². The van der Waals surface area contributed by atoms with Crippen LogP contribution in [0, 0.1) is 0 Å². The molecule has 0 bridgehead atoms. The van der Waals surface area contributed by atoms with Crippen molar-refractivity contribution in [2.24, 2.45) is 0 Å². The van der Waals surface area contributed by atoms with Gasteiger partial charge in [-0.05, 0) is 38.5 Å². The second-order valence-electron chi connectivity index (χ2n) is 6.85. The van der Waals surface area contributed by atoms with Crippen LogP contribution in [0.5, 0.6) is 0 Å². The van der Waals surface area contributed by atoms with E-state index in [0.29, 0.717) is 6.42 Å². The van der Waals surface area contributed by atoms with E-state index in [1.165, 1.54) is 44.9 Å². The van der Waals surface area contributed by atoms with E-state index in [9.17, 15) is 4.79 Å². The van der Waals surface area contributed by atoms with Gasteiger partial charge in [0.1, 0.15) is 12.7 Å². The highest BCUT2D eigenvalue weighted by atomic mass is 16.5. The average Bonchev–Trinajstić information content (AvgIpc) is 2.65. The Morgan fingerprint density at radius 3 is 2.08 bits per heavy atom. The fourth-order valence-corrected chi connectivity index (χ4v) is 2.57. The van der Waals surface area contributed by atoms with Gasteiger partial charge in [0.05, 0.1) is 6.61 Å². The maximum absolute atomic E-state index is 11.4. The summed E-state index contributed by atoms with van der Waals surface area (Å²) in [5, 5.41) is 17.7. The summed E-state index contributed by atoms with van der Waals surface area (Å²) in [7, 11) is 0. The van der Waals surface area contributed by atoms with Gasteiger partial charge in [-0.15, -0.1) is 0 Å². The maximum Gasteiger partial charge on any atom is 0.305 e. The molecular weight excluding hydrogens is 328 g/mol. The Morgan fingerprint density at radius 2 is 1.46 bits per heavy atom. The molecule has 0 amide bonds. The highest BCUT2D eigenvalue weighted by Gasteiger charge is 2.07. The lowest BCUT2D eigenvalue weighted by molar-refractivity contribution is -0.147. The summed E-state index contributed by atoms with van der Waals surface area (Å²) in [5.74, 6) is -0.290. The first-order valence-electron chi connectivity index (χ1n) is 10.4. The normalized spacial score (nSPS) is 12.9. The molecule has 1 unspecified atom stereocenters. The van der Waals surface area contributed by atoms with Crippen molar-refractivity contribution in [1.82, 2.24) is 0 Å². The highest BCUT2D eigenvalue weighted by Crippen LogP contribution is 2.10. The van der Waals surface area contributed by atoms with Crippen molar-refractivity contribution >= 4 is 5.97 Å². The zero-order valence-electron chi connectivity index (χ0n) is 16.7. The predicted molar refractivity (Wildman–Crippen MR) is 108 cm³/mol. The first-order valence-corrected chi connectivity index (χ1v) is 10.4. The molecule has 2 N–H and O–H groups in total. The molecule has 0 spiro atoms. The molecule has 0 aromatic carbocycles. The number of hydrogen-bond donors (Lipinski definition) is 2. The molecule has 0 radical (unpaired) electrons. The summed E-state index contributed by atoms with van der Waals surface area (Å²) in [6.45, 7) is 1.74. The van der Waals surface area contributed by atoms with Crippen LogP contribution in [0.2, 0.25) is 0 Å². The molecule has 0 aromatic heterocycles. The van der Waals surface area contributed by atoms with Gasteiger partial charge in [0, 0.05) is 6.42 Å². The molecule has 152 valence electrons. The fourth-order valence-electron chi connectivity index (χ4n) is 2.57. The van der Waals surface area contributed by atoms with Crippen molar-refractivity contribution in [3.8, 4) is 0 Å². The number of rotatable bonds is 18. The Labute approximate surface area is 160 Å². The lowest BCUT2D eigenvalue weighted by Gasteiger charge is -2.08. The van der Waals surface area contributed by atoms with E-state index in [1.807, 2.05) is 0 Å². The van der Waals surface area contributed by atoms with Gasteiger partial charge in [0.15, 0.2) is 0 Å². The molecule has 0 aliphatic carbocycles. The van der Waals surface area contributed by atoms with Crippen LogP contribution in [-0.4, -0.2) is 35.5 Å². The first kappa shape index (κ1) is 24.9. The minimum atomic E-state index is -0.963. The smallest absolute Gasteiger partial charge is 0.305 e. The molecule has 0 heterocycles. The van der Waals surface area contributed by atoms with Crippen molar-refractivity contribution in [3.05, 3.63) is 24.3 Å². The lowest BCUT2D eigenvalue weighted by atomic mass is 10.1. The molecule has 26 heavy (non-hydrogen) atoms. The summed E-state index contributed by atoms with van der Waals surface area (Å²) in [5.41, 5.74) is 0. The van der Waals surface area contributed by atoms with Crippen LogP contribution in [0.4, 0.5) is 0 Å². The van der Waals surface area contributed by atoms with E-state index in [2.05, 4.69) is 31.2 Å². The number of ether oxygens (including phenoxy) is 1. The predicted octanol–water partition coefficient (Wildman–Crippen LogP) is 5.09. The summed E-state index contributed by atoms with van der Waals surface area (Å²) in [4.78, 5) is 11.4. The fraction of sp³-hybridized carbons (Fsp3) is 0.773. The van der Waals surface area contributed by atoms with Gasteiger partial charge in [-0.25, -0.2) is 0 Å². The standard InChI is InChI=1S/C22H40O4/c1-2-3-4-5-6-7-8-9-10-11-12-13-14-15-16-17-18-22(25)26-20-21(24)19-23/h6-7,9-10,21,23-24H,2-5,8,11-20H2,1H3/b7-6-,10-9-. The van der Waals surface area contributed by atoms with Gasteiger partial charge < -0.3 is 14.9 Å². The van der Waals surface area contributed by atoms with Crippen molar-refractivity contribution in [3.63, 3.8) is 0 Å². The second kappa shape index (κ2) is 20.2. The number of aliphatic hydroxyl groups excluding tert-OH is 2. The molecule has 0 aliphatic heterocycles. The number of carbonyl (C=O) groups excluding carboxylic acids is 1. The molecule has 0 rings (SSSR count). The first-order chi connectivity index (χ1) is 12.7. The number of unbranched alkanes of at least 4 members (excludes halogenated alkanes) is 9. The summed E-state index contributed by atoms with van der Waals surface area (Å²) < 4.78 is 4.86. The Kier molecular flexibility index (Phi) is 19.3. The zero-order valence-corrected chi connectivity index (χ0v) is 16.7. The van der Waals surface area contributed by atoms with E-state index in [0.717, 1.165) is 32.1 Å². The number of carbonyl (C=O) groups is 1. The maximum atomic E-state index is 11.4. The Morgan fingerprint density at radius 1 is 0.885 bits per heavy atom. The molecule has 0 saturated heterocycles. The van der Waals surface area contributed by atoms with E-state index >= 15 is 0 Å². The van der Waals surface area contributed by atoms with E-state index in [4.69, 9.17) is 14.9 Å². The number of esters is 1. The Hall–Kier alpha value is -1.13. The Bertz CT molecular complexity index is 363. The second-order valence-corrected chi connectivity index (χ2v) is 6.85.